The van der Waals surface area contributed by atoms with Crippen LogP contribution in [0.1, 0.15) is 71.1 Å². The third-order valence-electron chi connectivity index (χ3n) is 3.74. The number of nitrogens with one attached hydrogen (secondary N) is 1. The monoisotopic (exact) mass is 374 g/mol. The summed E-state index contributed by atoms with van der Waals surface area (Å²) in [6, 6.07) is 0. The van der Waals surface area contributed by atoms with E-state index in [9.17, 15) is 9.79 Å². The van der Waals surface area contributed by atoms with E-state index in [0.29, 0.717) is 6.54 Å². The molecule has 7 nitrogen and oxygen atoms in total. The maximum atomic E-state index is 11.0. The van der Waals surface area contributed by atoms with Crippen LogP contribution in [-0.4, -0.2) is 38.7 Å². The van der Waals surface area contributed by atoms with E-state index in [1.165, 1.54) is 38.5 Å². The number of hydrogen-bond donors (Lipinski definition) is 5. The average Bonchev–Trinajstić information content (AvgIpc) is 2.37. The van der Waals surface area contributed by atoms with Gasteiger partial charge in [-0.1, -0.05) is 58.3 Å². The van der Waals surface area contributed by atoms with Gasteiger partial charge in [-0.2, -0.15) is 0 Å². The molecule has 0 spiro atoms. The molecule has 0 saturated heterocycles. The summed E-state index contributed by atoms with van der Waals surface area (Å²) in [6.07, 6.45) is 10.5. The van der Waals surface area contributed by atoms with E-state index < -0.39 is 28.5 Å². The first-order valence-electron chi connectivity index (χ1n) is 8.57. The normalized spacial score (nSPS) is 13.0. The third-order valence-corrected chi connectivity index (χ3v) is 5.46. The van der Waals surface area contributed by atoms with Crippen LogP contribution >= 0.6 is 15.9 Å². The Morgan fingerprint density at radius 2 is 1.00 bits per heavy atom. The van der Waals surface area contributed by atoms with Crippen LogP contribution in [0.3, 0.4) is 0 Å². The Labute approximate surface area is 141 Å². The lowest BCUT2D eigenvalue weighted by atomic mass is 10.1. The van der Waals surface area contributed by atoms with Crippen molar-refractivity contribution in [2.75, 3.05) is 19.1 Å². The Morgan fingerprint density at radius 1 is 0.652 bits per heavy atom. The lowest BCUT2D eigenvalue weighted by molar-refractivity contribution is -0.881. The smallest absolute Gasteiger partial charge is 0.286 e. The highest BCUT2D eigenvalue weighted by atomic mass is 31.2. The lowest BCUT2D eigenvalue weighted by Crippen LogP contribution is -3.12. The van der Waals surface area contributed by atoms with Crippen molar-refractivity contribution < 1.29 is 34.3 Å². The van der Waals surface area contributed by atoms with E-state index in [1.807, 2.05) is 0 Å². The van der Waals surface area contributed by atoms with Gasteiger partial charge in [-0.05, 0) is 12.8 Å². The molecule has 9 heteroatoms. The first-order chi connectivity index (χ1) is 10.6. The summed E-state index contributed by atoms with van der Waals surface area (Å²) >= 11 is 0. The highest BCUT2D eigenvalue weighted by molar-refractivity contribution is 7.57. The number of unbranched alkanes of at least 4 members (excludes halogenated alkanes) is 9. The Bertz CT molecular complexity index is 267. The molecule has 0 radical (unpaired) electrons. The molecule has 0 aromatic heterocycles. The molecule has 5 N–H and O–H groups in total. The SMILES string of the molecule is CCCCCCCCCCCC[NH+](C[P+]([O-])(O)O)C[P+]([O-])(O)O. The van der Waals surface area contributed by atoms with Crippen LogP contribution in [0.2, 0.25) is 0 Å². The zero-order valence-electron chi connectivity index (χ0n) is 14.2. The second kappa shape index (κ2) is 12.9. The van der Waals surface area contributed by atoms with Gasteiger partial charge in [0.2, 0.25) is 12.6 Å². The first-order valence-corrected chi connectivity index (χ1v) is 12.2. The molecule has 0 aromatic rings. The number of hydrogen-bond acceptors (Lipinski definition) is 6. The molecule has 0 heterocycles. The molecule has 0 atom stereocenters. The molecule has 0 aliphatic rings. The van der Waals surface area contributed by atoms with Gasteiger partial charge in [-0.25, -0.2) is 19.6 Å². The maximum Gasteiger partial charge on any atom is 0.286 e. The predicted molar refractivity (Wildman–Crippen MR) is 90.1 cm³/mol. The summed E-state index contributed by atoms with van der Waals surface area (Å²) in [4.78, 5) is 58.3. The van der Waals surface area contributed by atoms with E-state index in [-0.39, 0.29) is 4.90 Å². The second-order valence-corrected chi connectivity index (χ2v) is 9.62. The summed E-state index contributed by atoms with van der Waals surface area (Å²) < 4.78 is 0. The van der Waals surface area contributed by atoms with Gasteiger partial charge < -0.3 is 9.79 Å². The summed E-state index contributed by atoms with van der Waals surface area (Å²) in [5.41, 5.74) is 0. The zero-order valence-corrected chi connectivity index (χ0v) is 16.0. The maximum absolute atomic E-state index is 11.0. The molecule has 0 saturated carbocycles. The minimum atomic E-state index is -4.27. The molecule has 0 aromatic carbocycles. The molecule has 0 amide bonds. The minimum absolute atomic E-state index is 0.284. The highest BCUT2D eigenvalue weighted by Crippen LogP contribution is 2.38. The van der Waals surface area contributed by atoms with Crippen LogP contribution in [0.4, 0.5) is 0 Å². The molecule has 0 rings (SSSR count). The topological polar surface area (TPSA) is 131 Å². The average molecular weight is 374 g/mol. The number of rotatable bonds is 15. The van der Waals surface area contributed by atoms with Gasteiger partial charge in [-0.15, -0.1) is 0 Å². The van der Waals surface area contributed by atoms with Gasteiger partial charge in [0.15, 0.2) is 0 Å². The molecule has 0 bridgehead atoms. The fraction of sp³-hybridized carbons (Fsp3) is 1.00. The Hall–Kier alpha value is 0.580. The van der Waals surface area contributed by atoms with E-state index >= 15 is 0 Å². The largest absolute Gasteiger partial charge is 0.627 e. The third kappa shape index (κ3) is 18.8. The van der Waals surface area contributed by atoms with E-state index in [2.05, 4.69) is 6.92 Å². The molecule has 0 unspecified atom stereocenters. The van der Waals surface area contributed by atoms with Crippen molar-refractivity contribution in [2.45, 2.75) is 71.1 Å². The van der Waals surface area contributed by atoms with Crippen molar-refractivity contribution >= 4 is 15.9 Å². The van der Waals surface area contributed by atoms with Crippen LogP contribution in [0, 0.1) is 0 Å². The quantitative estimate of drug-likeness (QED) is 0.201. The lowest BCUT2D eigenvalue weighted by Gasteiger charge is -2.25. The Morgan fingerprint density at radius 3 is 1.35 bits per heavy atom. The number of quaternary nitrogens is 1. The second-order valence-electron chi connectivity index (χ2n) is 6.33. The van der Waals surface area contributed by atoms with Gasteiger partial charge >= 0.3 is 0 Å². The molecule has 23 heavy (non-hydrogen) atoms. The van der Waals surface area contributed by atoms with Gasteiger partial charge in [0.05, 0.1) is 6.54 Å². The summed E-state index contributed by atoms with van der Waals surface area (Å²) in [6.45, 7) is 2.58. The molecular formula is C14H34NO6P2+. The van der Waals surface area contributed by atoms with E-state index in [4.69, 9.17) is 19.6 Å². The van der Waals surface area contributed by atoms with Crippen LogP contribution in [-0.2, 0) is 0 Å². The van der Waals surface area contributed by atoms with E-state index in [1.54, 1.807) is 0 Å². The predicted octanol–water partition coefficient (Wildman–Crippen LogP) is -0.0778. The molecule has 0 aliphatic carbocycles. The van der Waals surface area contributed by atoms with Crippen molar-refractivity contribution in [3.63, 3.8) is 0 Å². The van der Waals surface area contributed by atoms with Crippen LogP contribution in [0.25, 0.3) is 0 Å². The van der Waals surface area contributed by atoms with E-state index in [0.717, 1.165) is 25.7 Å². The van der Waals surface area contributed by atoms with Crippen molar-refractivity contribution in [1.82, 2.24) is 0 Å². The van der Waals surface area contributed by atoms with Crippen molar-refractivity contribution in [2.24, 2.45) is 0 Å². The standard InChI is InChI=1S/C14H33NO6P2/c1-2-3-4-5-6-7-8-9-10-11-12-15(13-22(16,17)18)14-23(19,20)21/h2-14H2,1H3,(H2,16,17,18)(H2,19,20,21)/p+1. The van der Waals surface area contributed by atoms with Gasteiger partial charge in [-0.3, -0.25) is 4.90 Å². The fourth-order valence-electron chi connectivity index (χ4n) is 2.65. The first kappa shape index (κ1) is 23.6. The molecule has 0 fully saturated rings. The molecule has 140 valence electrons. The summed E-state index contributed by atoms with van der Waals surface area (Å²) in [7, 11) is -8.54. The van der Waals surface area contributed by atoms with Crippen LogP contribution in [0.5, 0.6) is 0 Å². The Kier molecular flexibility index (Phi) is 13.2. The summed E-state index contributed by atoms with van der Waals surface area (Å²) in [5, 5.41) is 0. The van der Waals surface area contributed by atoms with Crippen molar-refractivity contribution in [3.05, 3.63) is 0 Å². The highest BCUT2D eigenvalue weighted by Gasteiger charge is 2.33. The summed E-state index contributed by atoms with van der Waals surface area (Å²) in [5.74, 6) is 0. The fourth-order valence-corrected chi connectivity index (χ4v) is 4.53. The van der Waals surface area contributed by atoms with Gasteiger partial charge in [0, 0.05) is 0 Å². The van der Waals surface area contributed by atoms with Crippen molar-refractivity contribution in [1.29, 1.82) is 0 Å². The molecule has 0 aliphatic heterocycles. The van der Waals surface area contributed by atoms with Crippen LogP contribution < -0.4 is 14.7 Å². The molecular weight excluding hydrogens is 340 g/mol. The Balaban J connectivity index is 3.74. The van der Waals surface area contributed by atoms with Gasteiger partial charge in [0.25, 0.3) is 15.9 Å². The van der Waals surface area contributed by atoms with Gasteiger partial charge in [0.1, 0.15) is 0 Å². The van der Waals surface area contributed by atoms with Crippen molar-refractivity contribution in [3.8, 4) is 0 Å². The minimum Gasteiger partial charge on any atom is -0.627 e. The van der Waals surface area contributed by atoms with Crippen LogP contribution in [0.15, 0.2) is 0 Å². The zero-order chi connectivity index (χ0) is 17.8.